The average Bonchev–Trinajstić information content (AvgIpc) is 3.45. The lowest BCUT2D eigenvalue weighted by molar-refractivity contribution is -0.142. The molecule has 0 fully saturated rings. The van der Waals surface area contributed by atoms with E-state index in [-0.39, 0.29) is 48.0 Å². The molecule has 4 aromatic rings. The molecule has 4 aromatic heterocycles. The molecule has 14 heteroatoms. The van der Waals surface area contributed by atoms with Gasteiger partial charge in [0.25, 0.3) is 0 Å². The van der Waals surface area contributed by atoms with Gasteiger partial charge >= 0.3 is 12.4 Å². The Morgan fingerprint density at radius 1 is 1.12 bits per heavy atom. The molecule has 0 aromatic carbocycles. The van der Waals surface area contributed by atoms with E-state index in [1.54, 1.807) is 0 Å². The minimum atomic E-state index is -4.62. The van der Waals surface area contributed by atoms with Gasteiger partial charge in [0.1, 0.15) is 12.2 Å². The minimum Gasteiger partial charge on any atom is -0.337 e. The number of nitrogens with zero attached hydrogens (tertiary/aromatic N) is 6. The quantitative estimate of drug-likeness (QED) is 0.475. The first kappa shape index (κ1) is 20.5. The third-order valence-corrected chi connectivity index (χ3v) is 5.09. The Labute approximate surface area is 174 Å². The first-order valence-corrected chi connectivity index (χ1v) is 9.34. The van der Waals surface area contributed by atoms with Gasteiger partial charge in [-0.3, -0.25) is 4.68 Å². The van der Waals surface area contributed by atoms with Crippen molar-refractivity contribution in [3.05, 3.63) is 53.1 Å². The number of imidazole rings is 1. The fourth-order valence-electron chi connectivity index (χ4n) is 3.68. The Kier molecular flexibility index (Phi) is 4.51. The molecule has 0 aliphatic carbocycles. The van der Waals surface area contributed by atoms with E-state index in [1.807, 2.05) is 0 Å². The second kappa shape index (κ2) is 7.05. The van der Waals surface area contributed by atoms with E-state index in [0.29, 0.717) is 12.2 Å². The first-order valence-electron chi connectivity index (χ1n) is 9.34. The summed E-state index contributed by atoms with van der Waals surface area (Å²) < 4.78 is 87.3. The summed E-state index contributed by atoms with van der Waals surface area (Å²) >= 11 is 0. The van der Waals surface area contributed by atoms with Gasteiger partial charge in [-0.2, -0.15) is 36.4 Å². The highest BCUT2D eigenvalue weighted by molar-refractivity contribution is 5.73. The molecule has 0 atom stereocenters. The molecule has 0 spiro atoms. The SMILES string of the molecule is FC(F)(F)c1cc(-c2noc(Cn3nc(C(F)(F)F)c4c3CNCC4)n2)c2nccn2c1. The number of aromatic nitrogens is 6. The van der Waals surface area contributed by atoms with Crippen molar-refractivity contribution in [2.75, 3.05) is 6.54 Å². The topological polar surface area (TPSA) is 86.1 Å². The van der Waals surface area contributed by atoms with E-state index in [1.165, 1.54) is 16.8 Å². The summed E-state index contributed by atoms with van der Waals surface area (Å²) in [5.41, 5.74) is -1.31. The number of pyridine rings is 1. The van der Waals surface area contributed by atoms with Gasteiger partial charge in [-0.25, -0.2) is 4.98 Å². The summed E-state index contributed by atoms with van der Waals surface area (Å²) in [5, 5.41) is 10.4. The third-order valence-electron chi connectivity index (χ3n) is 5.09. The molecule has 0 amide bonds. The van der Waals surface area contributed by atoms with Crippen molar-refractivity contribution in [2.24, 2.45) is 0 Å². The highest BCUT2D eigenvalue weighted by atomic mass is 19.4. The molecule has 1 aliphatic rings. The minimum absolute atomic E-state index is 0.0278. The predicted octanol–water partition coefficient (Wildman–Crippen LogP) is 3.31. The van der Waals surface area contributed by atoms with Crippen LogP contribution in [0.3, 0.4) is 0 Å². The van der Waals surface area contributed by atoms with Crippen molar-refractivity contribution in [1.29, 1.82) is 0 Å². The number of fused-ring (bicyclic) bond motifs is 2. The highest BCUT2D eigenvalue weighted by Gasteiger charge is 2.39. The maximum absolute atomic E-state index is 13.4. The van der Waals surface area contributed by atoms with Crippen LogP contribution in [-0.4, -0.2) is 35.9 Å². The van der Waals surface area contributed by atoms with Gasteiger partial charge in [-0.05, 0) is 19.0 Å². The van der Waals surface area contributed by atoms with Crippen molar-refractivity contribution < 1.29 is 30.9 Å². The van der Waals surface area contributed by atoms with Crippen LogP contribution >= 0.6 is 0 Å². The van der Waals surface area contributed by atoms with E-state index in [2.05, 4.69) is 25.5 Å². The van der Waals surface area contributed by atoms with Crippen LogP contribution in [0.4, 0.5) is 26.3 Å². The van der Waals surface area contributed by atoms with Crippen LogP contribution in [-0.2, 0) is 31.9 Å². The maximum atomic E-state index is 13.4. The van der Waals surface area contributed by atoms with Crippen LogP contribution in [0.2, 0.25) is 0 Å². The molecule has 32 heavy (non-hydrogen) atoms. The Bertz CT molecular complexity index is 1300. The molecule has 5 heterocycles. The molecule has 8 nitrogen and oxygen atoms in total. The van der Waals surface area contributed by atoms with Crippen LogP contribution in [0.1, 0.15) is 28.4 Å². The molecule has 0 saturated carbocycles. The standard InChI is InChI=1S/C18H13F6N7O/c19-17(20,21)9-5-11(16-26-3-4-30(16)7-9)15-27-13(32-29-15)8-31-12-6-25-2-1-10(12)14(28-31)18(22,23)24/h3-5,7,25H,1-2,6,8H2. The van der Waals surface area contributed by atoms with E-state index in [9.17, 15) is 26.3 Å². The predicted molar refractivity (Wildman–Crippen MR) is 95.2 cm³/mol. The molecule has 0 unspecified atom stereocenters. The van der Waals surface area contributed by atoms with Crippen molar-refractivity contribution in [1.82, 2.24) is 34.6 Å². The van der Waals surface area contributed by atoms with Gasteiger partial charge in [0.2, 0.25) is 11.7 Å². The van der Waals surface area contributed by atoms with E-state index < -0.39 is 23.6 Å². The lowest BCUT2D eigenvalue weighted by Crippen LogP contribution is -2.26. The zero-order chi connectivity index (χ0) is 22.7. The molecular weight excluding hydrogens is 444 g/mol. The highest BCUT2D eigenvalue weighted by Crippen LogP contribution is 2.35. The summed E-state index contributed by atoms with van der Waals surface area (Å²) in [6.07, 6.45) is -5.51. The molecule has 5 rings (SSSR count). The Morgan fingerprint density at radius 3 is 2.69 bits per heavy atom. The Morgan fingerprint density at radius 2 is 1.94 bits per heavy atom. The van der Waals surface area contributed by atoms with Crippen molar-refractivity contribution in [2.45, 2.75) is 31.9 Å². The zero-order valence-electron chi connectivity index (χ0n) is 16.0. The molecule has 0 bridgehead atoms. The van der Waals surface area contributed by atoms with Gasteiger partial charge in [-0.15, -0.1) is 0 Å². The number of alkyl halides is 6. The molecule has 1 aliphatic heterocycles. The number of hydrogen-bond donors (Lipinski definition) is 1. The summed E-state index contributed by atoms with van der Waals surface area (Å²) in [4.78, 5) is 8.11. The summed E-state index contributed by atoms with van der Waals surface area (Å²) in [6, 6.07) is 0.846. The lowest BCUT2D eigenvalue weighted by Gasteiger charge is -2.15. The fraction of sp³-hybridized carbons (Fsp3) is 0.333. The van der Waals surface area contributed by atoms with Crippen LogP contribution in [0, 0.1) is 0 Å². The smallest absolute Gasteiger partial charge is 0.337 e. The number of nitrogens with one attached hydrogen (secondary N) is 1. The summed E-state index contributed by atoms with van der Waals surface area (Å²) in [6.45, 7) is 0.306. The van der Waals surface area contributed by atoms with Gasteiger partial charge in [0.05, 0.1) is 16.8 Å². The Hall–Kier alpha value is -3.42. The largest absolute Gasteiger partial charge is 0.435 e. The van der Waals surface area contributed by atoms with Gasteiger partial charge in [0.15, 0.2) is 5.69 Å². The first-order chi connectivity index (χ1) is 15.1. The lowest BCUT2D eigenvalue weighted by atomic mass is 10.1. The molecule has 0 radical (unpaired) electrons. The van der Waals surface area contributed by atoms with Crippen molar-refractivity contribution in [3.63, 3.8) is 0 Å². The van der Waals surface area contributed by atoms with Gasteiger partial charge < -0.3 is 14.2 Å². The summed E-state index contributed by atoms with van der Waals surface area (Å²) in [7, 11) is 0. The Balaban J connectivity index is 1.52. The van der Waals surface area contributed by atoms with Crippen molar-refractivity contribution in [3.8, 4) is 11.4 Å². The fourth-order valence-corrected chi connectivity index (χ4v) is 3.68. The number of halogens is 6. The van der Waals surface area contributed by atoms with Crippen LogP contribution in [0.25, 0.3) is 17.0 Å². The molecule has 0 saturated heterocycles. The molecule has 1 N–H and O–H groups in total. The second-order valence-corrected chi connectivity index (χ2v) is 7.17. The molecular formula is C18H13F6N7O. The van der Waals surface area contributed by atoms with E-state index in [4.69, 9.17) is 4.52 Å². The number of hydrogen-bond acceptors (Lipinski definition) is 6. The summed E-state index contributed by atoms with van der Waals surface area (Å²) in [5.74, 6) is -0.274. The van der Waals surface area contributed by atoms with Gasteiger partial charge in [-0.1, -0.05) is 5.16 Å². The second-order valence-electron chi connectivity index (χ2n) is 7.17. The third kappa shape index (κ3) is 3.49. The van der Waals surface area contributed by atoms with Crippen LogP contribution in [0.5, 0.6) is 0 Å². The normalized spacial score (nSPS) is 14.8. The molecule has 168 valence electrons. The van der Waals surface area contributed by atoms with E-state index in [0.717, 1.165) is 16.9 Å². The average molecular weight is 457 g/mol. The maximum Gasteiger partial charge on any atom is 0.435 e. The van der Waals surface area contributed by atoms with Crippen LogP contribution < -0.4 is 5.32 Å². The van der Waals surface area contributed by atoms with Gasteiger partial charge in [0, 0.05) is 30.7 Å². The zero-order valence-corrected chi connectivity index (χ0v) is 16.0. The van der Waals surface area contributed by atoms with Crippen molar-refractivity contribution >= 4 is 5.65 Å². The number of rotatable bonds is 3. The van der Waals surface area contributed by atoms with E-state index >= 15 is 0 Å². The monoisotopic (exact) mass is 457 g/mol. The van der Waals surface area contributed by atoms with Crippen LogP contribution in [0.15, 0.2) is 29.2 Å².